The SMILES string of the molecule is CCc1nc(NC)cc(NCCc2ccc(O)cc2)n1. The highest BCUT2D eigenvalue weighted by Crippen LogP contribution is 2.13. The highest BCUT2D eigenvalue weighted by atomic mass is 16.3. The lowest BCUT2D eigenvalue weighted by Gasteiger charge is -2.09. The molecule has 5 nitrogen and oxygen atoms in total. The van der Waals surface area contributed by atoms with Crippen LogP contribution in [0.15, 0.2) is 30.3 Å². The Morgan fingerprint density at radius 1 is 1.10 bits per heavy atom. The second-order valence-corrected chi connectivity index (χ2v) is 4.50. The summed E-state index contributed by atoms with van der Waals surface area (Å²) in [7, 11) is 1.85. The van der Waals surface area contributed by atoms with Gasteiger partial charge in [-0.3, -0.25) is 0 Å². The number of rotatable bonds is 6. The van der Waals surface area contributed by atoms with E-state index in [9.17, 15) is 5.11 Å². The Morgan fingerprint density at radius 2 is 1.80 bits per heavy atom. The Labute approximate surface area is 119 Å². The van der Waals surface area contributed by atoms with Gasteiger partial charge in [0.25, 0.3) is 0 Å². The van der Waals surface area contributed by atoms with Crippen LogP contribution in [0.3, 0.4) is 0 Å². The van der Waals surface area contributed by atoms with E-state index in [1.165, 1.54) is 5.56 Å². The summed E-state index contributed by atoms with van der Waals surface area (Å²) >= 11 is 0. The summed E-state index contributed by atoms with van der Waals surface area (Å²) in [6.45, 7) is 2.82. The van der Waals surface area contributed by atoms with Crippen molar-refractivity contribution in [1.82, 2.24) is 9.97 Å². The third-order valence-electron chi connectivity index (χ3n) is 3.00. The van der Waals surface area contributed by atoms with Crippen LogP contribution in [-0.4, -0.2) is 28.7 Å². The van der Waals surface area contributed by atoms with E-state index in [1.807, 2.05) is 32.2 Å². The molecule has 0 fully saturated rings. The lowest BCUT2D eigenvalue weighted by molar-refractivity contribution is 0.475. The number of hydrogen-bond acceptors (Lipinski definition) is 5. The van der Waals surface area contributed by atoms with Gasteiger partial charge in [-0.05, 0) is 24.1 Å². The number of anilines is 2. The Kier molecular flexibility index (Phi) is 4.76. The van der Waals surface area contributed by atoms with Gasteiger partial charge in [0.2, 0.25) is 0 Å². The third kappa shape index (κ3) is 3.85. The molecule has 1 heterocycles. The van der Waals surface area contributed by atoms with Gasteiger partial charge in [-0.2, -0.15) is 0 Å². The molecule has 2 rings (SSSR count). The molecule has 0 aliphatic rings. The summed E-state index contributed by atoms with van der Waals surface area (Å²) in [5.41, 5.74) is 1.17. The number of phenolic OH excluding ortho intramolecular Hbond substituents is 1. The van der Waals surface area contributed by atoms with Gasteiger partial charge >= 0.3 is 0 Å². The molecule has 0 aliphatic heterocycles. The highest BCUT2D eigenvalue weighted by Gasteiger charge is 2.02. The predicted molar refractivity (Wildman–Crippen MR) is 81.3 cm³/mol. The number of phenols is 1. The Morgan fingerprint density at radius 3 is 2.45 bits per heavy atom. The first-order chi connectivity index (χ1) is 9.71. The van der Waals surface area contributed by atoms with Crippen molar-refractivity contribution in [3.63, 3.8) is 0 Å². The maximum atomic E-state index is 9.24. The summed E-state index contributed by atoms with van der Waals surface area (Å²) in [5.74, 6) is 2.77. The normalized spacial score (nSPS) is 10.3. The first-order valence-corrected chi connectivity index (χ1v) is 6.78. The van der Waals surface area contributed by atoms with Gasteiger partial charge in [0.15, 0.2) is 0 Å². The molecule has 5 heteroatoms. The second kappa shape index (κ2) is 6.75. The van der Waals surface area contributed by atoms with Crippen LogP contribution in [-0.2, 0) is 12.8 Å². The third-order valence-corrected chi connectivity index (χ3v) is 3.00. The molecular formula is C15H20N4O. The number of aryl methyl sites for hydroxylation is 1. The van der Waals surface area contributed by atoms with Crippen LogP contribution in [0.2, 0.25) is 0 Å². The molecule has 20 heavy (non-hydrogen) atoms. The van der Waals surface area contributed by atoms with Crippen LogP contribution >= 0.6 is 0 Å². The number of nitrogens with zero attached hydrogens (tertiary/aromatic N) is 2. The topological polar surface area (TPSA) is 70.1 Å². The quantitative estimate of drug-likeness (QED) is 0.753. The first kappa shape index (κ1) is 14.1. The summed E-state index contributed by atoms with van der Waals surface area (Å²) in [6.07, 6.45) is 1.68. The van der Waals surface area contributed by atoms with Crippen LogP contribution in [0.1, 0.15) is 18.3 Å². The molecule has 0 amide bonds. The van der Waals surface area contributed by atoms with Gasteiger partial charge in [0, 0.05) is 26.1 Å². The minimum atomic E-state index is 0.295. The minimum Gasteiger partial charge on any atom is -0.508 e. The maximum Gasteiger partial charge on any atom is 0.132 e. The molecule has 0 saturated heterocycles. The van der Waals surface area contributed by atoms with E-state index in [2.05, 4.69) is 20.6 Å². The van der Waals surface area contributed by atoms with Crippen molar-refractivity contribution in [2.45, 2.75) is 19.8 Å². The van der Waals surface area contributed by atoms with E-state index < -0.39 is 0 Å². The zero-order valence-electron chi connectivity index (χ0n) is 11.8. The Balaban J connectivity index is 1.94. The fourth-order valence-corrected chi connectivity index (χ4v) is 1.87. The Bertz CT molecular complexity index is 532. The van der Waals surface area contributed by atoms with E-state index in [4.69, 9.17) is 0 Å². The van der Waals surface area contributed by atoms with E-state index >= 15 is 0 Å². The second-order valence-electron chi connectivity index (χ2n) is 4.50. The van der Waals surface area contributed by atoms with Crippen molar-refractivity contribution in [2.24, 2.45) is 0 Å². The molecule has 0 atom stereocenters. The van der Waals surface area contributed by atoms with Gasteiger partial charge in [0.05, 0.1) is 0 Å². The molecule has 0 bridgehead atoms. The molecule has 2 aromatic rings. The van der Waals surface area contributed by atoms with Crippen LogP contribution in [0.4, 0.5) is 11.6 Å². The lowest BCUT2D eigenvalue weighted by Crippen LogP contribution is -2.09. The predicted octanol–water partition coefficient (Wildman–Crippen LogP) is 2.44. The number of nitrogens with one attached hydrogen (secondary N) is 2. The van der Waals surface area contributed by atoms with Crippen molar-refractivity contribution >= 4 is 11.6 Å². The molecule has 1 aromatic heterocycles. The number of hydrogen-bond donors (Lipinski definition) is 3. The van der Waals surface area contributed by atoms with Crippen LogP contribution < -0.4 is 10.6 Å². The Hall–Kier alpha value is -2.30. The average molecular weight is 272 g/mol. The van der Waals surface area contributed by atoms with Crippen molar-refractivity contribution in [2.75, 3.05) is 24.2 Å². The molecule has 3 N–H and O–H groups in total. The maximum absolute atomic E-state index is 9.24. The van der Waals surface area contributed by atoms with Gasteiger partial charge in [-0.1, -0.05) is 19.1 Å². The molecule has 0 saturated carbocycles. The highest BCUT2D eigenvalue weighted by molar-refractivity contribution is 5.47. The van der Waals surface area contributed by atoms with E-state index in [0.29, 0.717) is 5.75 Å². The van der Waals surface area contributed by atoms with E-state index in [0.717, 1.165) is 36.8 Å². The van der Waals surface area contributed by atoms with Gasteiger partial charge in [0.1, 0.15) is 23.2 Å². The van der Waals surface area contributed by atoms with Gasteiger partial charge in [-0.25, -0.2) is 9.97 Å². The molecule has 0 spiro atoms. The average Bonchev–Trinajstić information content (AvgIpc) is 2.49. The molecule has 0 aliphatic carbocycles. The van der Waals surface area contributed by atoms with Gasteiger partial charge < -0.3 is 15.7 Å². The van der Waals surface area contributed by atoms with Crippen LogP contribution in [0, 0.1) is 0 Å². The number of aromatic nitrogens is 2. The monoisotopic (exact) mass is 272 g/mol. The fraction of sp³-hybridized carbons (Fsp3) is 0.333. The molecular weight excluding hydrogens is 252 g/mol. The van der Waals surface area contributed by atoms with Crippen LogP contribution in [0.25, 0.3) is 0 Å². The zero-order chi connectivity index (χ0) is 14.4. The van der Waals surface area contributed by atoms with E-state index in [1.54, 1.807) is 12.1 Å². The van der Waals surface area contributed by atoms with Crippen molar-refractivity contribution in [1.29, 1.82) is 0 Å². The molecule has 0 unspecified atom stereocenters. The van der Waals surface area contributed by atoms with E-state index in [-0.39, 0.29) is 0 Å². The summed E-state index contributed by atoms with van der Waals surface area (Å²) in [6, 6.07) is 9.15. The molecule has 0 radical (unpaired) electrons. The fourth-order valence-electron chi connectivity index (χ4n) is 1.87. The van der Waals surface area contributed by atoms with Gasteiger partial charge in [-0.15, -0.1) is 0 Å². The van der Waals surface area contributed by atoms with Crippen molar-refractivity contribution < 1.29 is 5.11 Å². The lowest BCUT2D eigenvalue weighted by atomic mass is 10.1. The largest absolute Gasteiger partial charge is 0.508 e. The van der Waals surface area contributed by atoms with Crippen molar-refractivity contribution in [3.05, 3.63) is 41.7 Å². The minimum absolute atomic E-state index is 0.295. The smallest absolute Gasteiger partial charge is 0.132 e. The number of aromatic hydroxyl groups is 1. The summed E-state index contributed by atoms with van der Waals surface area (Å²) in [5, 5.41) is 15.6. The molecule has 1 aromatic carbocycles. The summed E-state index contributed by atoms with van der Waals surface area (Å²) < 4.78 is 0. The molecule has 106 valence electrons. The standard InChI is InChI=1S/C15H20N4O/c1-3-13-18-14(16-2)10-15(19-13)17-9-8-11-4-6-12(20)7-5-11/h4-7,10,20H,3,8-9H2,1-2H3,(H2,16,17,18,19). The number of benzene rings is 1. The van der Waals surface area contributed by atoms with Crippen molar-refractivity contribution in [3.8, 4) is 5.75 Å². The zero-order valence-corrected chi connectivity index (χ0v) is 11.8. The van der Waals surface area contributed by atoms with Crippen LogP contribution in [0.5, 0.6) is 5.75 Å². The summed E-state index contributed by atoms with van der Waals surface area (Å²) in [4.78, 5) is 8.80. The first-order valence-electron chi connectivity index (χ1n) is 6.78.